The summed E-state index contributed by atoms with van der Waals surface area (Å²) in [4.78, 5) is 24.9. The fourth-order valence-corrected chi connectivity index (χ4v) is 3.42. The fraction of sp³-hybridized carbons (Fsp3) is 0.263. The number of amides is 1. The number of carbonyl (C=O) groups is 2. The van der Waals surface area contributed by atoms with Crippen LogP contribution in [-0.2, 0) is 19.6 Å². The van der Waals surface area contributed by atoms with Crippen LogP contribution in [0.15, 0.2) is 53.4 Å². The van der Waals surface area contributed by atoms with Gasteiger partial charge in [-0.2, -0.15) is 0 Å². The molecule has 0 N–H and O–H groups in total. The van der Waals surface area contributed by atoms with Crippen LogP contribution in [0.1, 0.15) is 15.9 Å². The monoisotopic (exact) mass is 390 g/mol. The zero-order valence-corrected chi connectivity index (χ0v) is 16.5. The van der Waals surface area contributed by atoms with Gasteiger partial charge in [0, 0.05) is 21.1 Å². The molecule has 0 atom stereocenters. The highest BCUT2D eigenvalue weighted by atomic mass is 32.2. The van der Waals surface area contributed by atoms with Crippen LogP contribution in [0.25, 0.3) is 0 Å². The van der Waals surface area contributed by atoms with Crippen molar-refractivity contribution in [1.82, 2.24) is 4.90 Å². The standard InChI is InChI=1S/C19H22N2O5S/c1-14-8-10-16(11-9-14)21(4)27(24,25)17-7-5-6-15(12-17)19(23)26-13-18(22)20(2)3/h5-12H,13H2,1-4H3. The van der Waals surface area contributed by atoms with Crippen molar-refractivity contribution in [2.45, 2.75) is 11.8 Å². The molecule has 0 unspecified atom stereocenters. The number of sulfonamides is 1. The van der Waals surface area contributed by atoms with Crippen molar-refractivity contribution in [2.24, 2.45) is 0 Å². The van der Waals surface area contributed by atoms with Crippen molar-refractivity contribution in [3.8, 4) is 0 Å². The average Bonchev–Trinajstić information content (AvgIpc) is 2.65. The molecule has 0 saturated carbocycles. The van der Waals surface area contributed by atoms with E-state index in [-0.39, 0.29) is 16.4 Å². The molecule has 0 aromatic heterocycles. The molecule has 8 heteroatoms. The highest BCUT2D eigenvalue weighted by Crippen LogP contribution is 2.23. The zero-order chi connectivity index (χ0) is 20.2. The van der Waals surface area contributed by atoms with E-state index >= 15 is 0 Å². The van der Waals surface area contributed by atoms with Crippen LogP contribution in [0.2, 0.25) is 0 Å². The Bertz CT molecular complexity index is 937. The largest absolute Gasteiger partial charge is 0.452 e. The number of hydrogen-bond donors (Lipinski definition) is 0. The van der Waals surface area contributed by atoms with Crippen molar-refractivity contribution >= 4 is 27.6 Å². The Kier molecular flexibility index (Phi) is 6.22. The third-order valence-corrected chi connectivity index (χ3v) is 5.73. The maximum absolute atomic E-state index is 12.9. The molecule has 2 aromatic rings. The first-order chi connectivity index (χ1) is 12.6. The summed E-state index contributed by atoms with van der Waals surface area (Å²) in [6.07, 6.45) is 0. The highest BCUT2D eigenvalue weighted by molar-refractivity contribution is 7.92. The van der Waals surface area contributed by atoms with Crippen LogP contribution in [0.5, 0.6) is 0 Å². The van der Waals surface area contributed by atoms with Gasteiger partial charge < -0.3 is 9.64 Å². The normalized spacial score (nSPS) is 11.0. The lowest BCUT2D eigenvalue weighted by molar-refractivity contribution is -0.131. The SMILES string of the molecule is Cc1ccc(N(C)S(=O)(=O)c2cccc(C(=O)OCC(=O)N(C)C)c2)cc1. The molecule has 0 aliphatic rings. The first-order valence-corrected chi connectivity index (χ1v) is 9.60. The second-order valence-electron chi connectivity index (χ2n) is 6.20. The number of hydrogen-bond acceptors (Lipinski definition) is 5. The van der Waals surface area contributed by atoms with E-state index in [0.717, 1.165) is 9.87 Å². The number of benzene rings is 2. The molecule has 0 aliphatic carbocycles. The van der Waals surface area contributed by atoms with Gasteiger partial charge in [0.15, 0.2) is 6.61 Å². The van der Waals surface area contributed by atoms with Gasteiger partial charge in [-0.25, -0.2) is 13.2 Å². The van der Waals surface area contributed by atoms with Crippen LogP contribution in [0, 0.1) is 6.92 Å². The maximum Gasteiger partial charge on any atom is 0.338 e. The molecular formula is C19H22N2O5S. The number of likely N-dealkylation sites (N-methyl/N-ethyl adjacent to an activating group) is 1. The zero-order valence-electron chi connectivity index (χ0n) is 15.7. The number of esters is 1. The molecule has 0 heterocycles. The number of carbonyl (C=O) groups excluding carboxylic acids is 2. The number of aryl methyl sites for hydroxylation is 1. The summed E-state index contributed by atoms with van der Waals surface area (Å²) < 4.78 is 31.8. The molecule has 0 saturated heterocycles. The van der Waals surface area contributed by atoms with Gasteiger partial charge in [-0.05, 0) is 37.3 Å². The molecule has 144 valence electrons. The minimum absolute atomic E-state index is 0.0426. The third-order valence-electron chi connectivity index (χ3n) is 3.95. The first-order valence-electron chi connectivity index (χ1n) is 8.16. The quantitative estimate of drug-likeness (QED) is 0.705. The summed E-state index contributed by atoms with van der Waals surface area (Å²) in [7, 11) is 0.682. The third kappa shape index (κ3) is 4.85. The second kappa shape index (κ2) is 8.22. The Hall–Kier alpha value is -2.87. The number of rotatable bonds is 6. The van der Waals surface area contributed by atoms with Crippen LogP contribution < -0.4 is 4.31 Å². The van der Waals surface area contributed by atoms with E-state index < -0.39 is 22.6 Å². The summed E-state index contributed by atoms with van der Waals surface area (Å²) in [6.45, 7) is 1.50. The molecule has 0 aliphatic heterocycles. The van der Waals surface area contributed by atoms with Crippen molar-refractivity contribution in [1.29, 1.82) is 0 Å². The average molecular weight is 390 g/mol. The van der Waals surface area contributed by atoms with Crippen LogP contribution in [0.3, 0.4) is 0 Å². The minimum atomic E-state index is -3.86. The maximum atomic E-state index is 12.9. The van der Waals surface area contributed by atoms with E-state index in [2.05, 4.69) is 0 Å². The summed E-state index contributed by atoms with van der Waals surface area (Å²) in [5.41, 5.74) is 1.58. The predicted molar refractivity (Wildman–Crippen MR) is 102 cm³/mol. The van der Waals surface area contributed by atoms with E-state index in [4.69, 9.17) is 4.74 Å². The van der Waals surface area contributed by atoms with E-state index in [1.165, 1.54) is 36.2 Å². The number of anilines is 1. The Morgan fingerprint density at radius 2 is 1.63 bits per heavy atom. The van der Waals surface area contributed by atoms with Crippen molar-refractivity contribution in [2.75, 3.05) is 32.1 Å². The minimum Gasteiger partial charge on any atom is -0.452 e. The number of nitrogens with zero attached hydrogens (tertiary/aromatic N) is 2. The molecule has 7 nitrogen and oxygen atoms in total. The molecule has 27 heavy (non-hydrogen) atoms. The molecule has 0 fully saturated rings. The summed E-state index contributed by atoms with van der Waals surface area (Å²) in [6, 6.07) is 12.6. The van der Waals surface area contributed by atoms with Crippen LogP contribution in [-0.4, -0.2) is 52.9 Å². The summed E-state index contributed by atoms with van der Waals surface area (Å²) >= 11 is 0. The van der Waals surface area contributed by atoms with E-state index in [1.807, 2.05) is 19.1 Å². The molecule has 2 aromatic carbocycles. The Balaban J connectivity index is 2.23. The lowest BCUT2D eigenvalue weighted by Gasteiger charge is -2.20. The van der Waals surface area contributed by atoms with Gasteiger partial charge in [-0.3, -0.25) is 9.10 Å². The van der Waals surface area contributed by atoms with Gasteiger partial charge in [0.1, 0.15) is 0 Å². The molecule has 0 bridgehead atoms. The van der Waals surface area contributed by atoms with Crippen molar-refractivity contribution in [3.05, 3.63) is 59.7 Å². The van der Waals surface area contributed by atoms with Gasteiger partial charge >= 0.3 is 5.97 Å². The molecule has 2 rings (SSSR count). The summed E-state index contributed by atoms with van der Waals surface area (Å²) in [5.74, 6) is -1.13. The Morgan fingerprint density at radius 1 is 1.00 bits per heavy atom. The van der Waals surface area contributed by atoms with Gasteiger partial charge in [0.2, 0.25) is 0 Å². The van der Waals surface area contributed by atoms with E-state index in [0.29, 0.717) is 5.69 Å². The van der Waals surface area contributed by atoms with Crippen LogP contribution in [0.4, 0.5) is 5.69 Å². The second-order valence-corrected chi connectivity index (χ2v) is 8.17. The van der Waals surface area contributed by atoms with E-state index in [1.54, 1.807) is 26.2 Å². The topological polar surface area (TPSA) is 84.0 Å². The lowest BCUT2D eigenvalue weighted by atomic mass is 10.2. The van der Waals surface area contributed by atoms with Gasteiger partial charge in [0.05, 0.1) is 16.1 Å². The molecule has 0 radical (unpaired) electrons. The highest BCUT2D eigenvalue weighted by Gasteiger charge is 2.23. The van der Waals surface area contributed by atoms with Gasteiger partial charge in [-0.15, -0.1) is 0 Å². The smallest absolute Gasteiger partial charge is 0.338 e. The Labute approximate surface area is 159 Å². The van der Waals surface area contributed by atoms with Crippen molar-refractivity contribution in [3.63, 3.8) is 0 Å². The molecular weight excluding hydrogens is 368 g/mol. The first kappa shape index (κ1) is 20.4. The predicted octanol–water partition coefficient (Wildman–Crippen LogP) is 2.07. The molecule has 0 spiro atoms. The summed E-state index contributed by atoms with van der Waals surface area (Å²) in [5, 5.41) is 0. The van der Waals surface area contributed by atoms with E-state index in [9.17, 15) is 18.0 Å². The lowest BCUT2D eigenvalue weighted by Crippen LogP contribution is -2.28. The van der Waals surface area contributed by atoms with Gasteiger partial charge in [-0.1, -0.05) is 23.8 Å². The number of ether oxygens (including phenoxy) is 1. The molecule has 1 amide bonds. The van der Waals surface area contributed by atoms with Gasteiger partial charge in [0.25, 0.3) is 15.9 Å². The fourth-order valence-electron chi connectivity index (χ4n) is 2.17. The van der Waals surface area contributed by atoms with Crippen LogP contribution >= 0.6 is 0 Å². The Morgan fingerprint density at radius 3 is 2.22 bits per heavy atom. The van der Waals surface area contributed by atoms with Crippen molar-refractivity contribution < 1.29 is 22.7 Å².